The Morgan fingerprint density at radius 1 is 1.21 bits per heavy atom. The molecule has 5 rings (SSSR count). The summed E-state index contributed by atoms with van der Waals surface area (Å²) in [7, 11) is 3.11. The van der Waals surface area contributed by atoms with Crippen LogP contribution in [0, 0.1) is 5.92 Å². The monoisotopic (exact) mass is 462 g/mol. The third-order valence-electron chi connectivity index (χ3n) is 5.77. The number of fused-ring (bicyclic) bond motifs is 1. The smallest absolute Gasteiger partial charge is 0.231 e. The number of rotatable bonds is 6. The molecule has 0 bridgehead atoms. The van der Waals surface area contributed by atoms with Crippen LogP contribution in [0.5, 0.6) is 11.5 Å². The number of hydrogen-bond donors (Lipinski definition) is 2. The van der Waals surface area contributed by atoms with Gasteiger partial charge in [0.05, 0.1) is 31.5 Å². The molecule has 8 nitrogen and oxygen atoms in total. The number of nitrogens with one attached hydrogen (secondary N) is 2. The fourth-order valence-electron chi connectivity index (χ4n) is 4.07. The number of H-pyrrole nitrogens is 1. The first kappa shape index (κ1) is 21.0. The molecule has 1 aliphatic heterocycles. The zero-order valence-corrected chi connectivity index (χ0v) is 18.9. The molecule has 2 amide bonds. The van der Waals surface area contributed by atoms with E-state index in [-0.39, 0.29) is 24.8 Å². The predicted octanol–water partition coefficient (Wildman–Crippen LogP) is 4.30. The van der Waals surface area contributed by atoms with Gasteiger partial charge < -0.3 is 24.7 Å². The maximum atomic E-state index is 12.9. The third kappa shape index (κ3) is 3.91. The fraction of sp³-hybridized carbons (Fsp3) is 0.208. The van der Waals surface area contributed by atoms with E-state index < -0.39 is 5.92 Å². The zero-order valence-electron chi connectivity index (χ0n) is 18.1. The van der Waals surface area contributed by atoms with Crippen molar-refractivity contribution in [3.63, 3.8) is 0 Å². The lowest BCUT2D eigenvalue weighted by molar-refractivity contribution is -0.122. The van der Waals surface area contributed by atoms with Crippen LogP contribution in [-0.4, -0.2) is 42.5 Å². The van der Waals surface area contributed by atoms with Crippen LogP contribution in [0.25, 0.3) is 22.2 Å². The van der Waals surface area contributed by atoms with E-state index in [0.29, 0.717) is 22.3 Å². The quantitative estimate of drug-likeness (QED) is 0.445. The van der Waals surface area contributed by atoms with Crippen molar-refractivity contribution in [3.8, 4) is 22.8 Å². The molecule has 2 aromatic heterocycles. The molecule has 9 heteroatoms. The molecule has 0 radical (unpaired) electrons. The van der Waals surface area contributed by atoms with E-state index in [1.54, 1.807) is 37.3 Å². The van der Waals surface area contributed by atoms with Gasteiger partial charge in [0.25, 0.3) is 0 Å². The first-order valence-electron chi connectivity index (χ1n) is 10.4. The Kier molecular flexibility index (Phi) is 5.47. The van der Waals surface area contributed by atoms with Crippen LogP contribution in [0.15, 0.2) is 54.0 Å². The average molecular weight is 463 g/mol. The summed E-state index contributed by atoms with van der Waals surface area (Å²) in [5.74, 6) is 0.300. The van der Waals surface area contributed by atoms with E-state index in [9.17, 15) is 9.59 Å². The second-order valence-electron chi connectivity index (χ2n) is 7.72. The number of aromatic amines is 1. The highest BCUT2D eigenvalue weighted by Gasteiger charge is 2.36. The average Bonchev–Trinajstić information content (AvgIpc) is 3.56. The summed E-state index contributed by atoms with van der Waals surface area (Å²) in [6, 6.07) is 13.2. The zero-order chi connectivity index (χ0) is 22.9. The van der Waals surface area contributed by atoms with E-state index in [1.165, 1.54) is 11.3 Å². The Morgan fingerprint density at radius 2 is 2.06 bits per heavy atom. The minimum Gasteiger partial charge on any atom is -0.497 e. The molecule has 0 spiro atoms. The van der Waals surface area contributed by atoms with Gasteiger partial charge in [-0.3, -0.25) is 9.59 Å². The number of carbonyl (C=O) groups is 2. The summed E-state index contributed by atoms with van der Waals surface area (Å²) in [6.45, 7) is 0.259. The molecule has 168 valence electrons. The van der Waals surface area contributed by atoms with Crippen LogP contribution in [0.2, 0.25) is 0 Å². The number of carbonyl (C=O) groups excluding carboxylic acids is 2. The number of para-hydroxylation sites is 1. The second kappa shape index (κ2) is 8.59. The maximum Gasteiger partial charge on any atom is 0.231 e. The molecule has 1 atom stereocenters. The number of anilines is 2. The van der Waals surface area contributed by atoms with Gasteiger partial charge in [0.1, 0.15) is 11.5 Å². The maximum absolute atomic E-state index is 12.9. The van der Waals surface area contributed by atoms with Crippen LogP contribution in [0.4, 0.5) is 10.8 Å². The van der Waals surface area contributed by atoms with E-state index in [2.05, 4.69) is 15.3 Å². The lowest BCUT2D eigenvalue weighted by Gasteiger charge is -2.20. The van der Waals surface area contributed by atoms with Crippen LogP contribution < -0.4 is 19.7 Å². The second-order valence-corrected chi connectivity index (χ2v) is 8.58. The lowest BCUT2D eigenvalue weighted by Crippen LogP contribution is -2.28. The van der Waals surface area contributed by atoms with Crippen molar-refractivity contribution in [1.29, 1.82) is 0 Å². The van der Waals surface area contributed by atoms with Crippen molar-refractivity contribution in [2.45, 2.75) is 6.42 Å². The van der Waals surface area contributed by atoms with Crippen molar-refractivity contribution in [3.05, 3.63) is 54.0 Å². The Hall–Kier alpha value is -3.85. The Balaban J connectivity index is 1.31. The van der Waals surface area contributed by atoms with Gasteiger partial charge in [-0.15, -0.1) is 11.3 Å². The Bertz CT molecular complexity index is 1350. The molecule has 1 unspecified atom stereocenters. The minimum absolute atomic E-state index is 0.118. The fourth-order valence-corrected chi connectivity index (χ4v) is 4.78. The van der Waals surface area contributed by atoms with Crippen molar-refractivity contribution in [2.24, 2.45) is 5.92 Å². The van der Waals surface area contributed by atoms with Crippen molar-refractivity contribution < 1.29 is 19.1 Å². The predicted molar refractivity (Wildman–Crippen MR) is 128 cm³/mol. The summed E-state index contributed by atoms with van der Waals surface area (Å²) in [5.41, 5.74) is 3.39. The molecule has 1 fully saturated rings. The van der Waals surface area contributed by atoms with E-state index >= 15 is 0 Å². The van der Waals surface area contributed by atoms with Gasteiger partial charge >= 0.3 is 0 Å². The SMILES string of the molecule is COc1ccc(OC)c(N2CC(C(=O)Nc3nc(-c4c[nH]c5ccccc45)cs3)CC2=O)c1. The van der Waals surface area contributed by atoms with Crippen LogP contribution >= 0.6 is 11.3 Å². The van der Waals surface area contributed by atoms with Crippen molar-refractivity contribution in [2.75, 3.05) is 31.0 Å². The first-order valence-corrected chi connectivity index (χ1v) is 11.3. The lowest BCUT2D eigenvalue weighted by atomic mass is 10.1. The summed E-state index contributed by atoms with van der Waals surface area (Å²) >= 11 is 1.36. The standard InChI is InChI=1S/C24H22N4O4S/c1-31-15-7-8-21(32-2)20(10-15)28-12-14(9-22(28)29)23(30)27-24-26-19(13-33-24)17-11-25-18-6-4-3-5-16(17)18/h3-8,10-11,13-14,25H,9,12H2,1-2H3,(H,26,27,30). The number of benzene rings is 2. The van der Waals surface area contributed by atoms with Gasteiger partial charge in [-0.25, -0.2) is 4.98 Å². The minimum atomic E-state index is -0.492. The van der Waals surface area contributed by atoms with Gasteiger partial charge in [0.15, 0.2) is 5.13 Å². The van der Waals surface area contributed by atoms with Gasteiger partial charge in [0.2, 0.25) is 11.8 Å². The van der Waals surface area contributed by atoms with Gasteiger partial charge in [-0.1, -0.05) is 18.2 Å². The van der Waals surface area contributed by atoms with Gasteiger partial charge in [-0.05, 0) is 18.2 Å². The van der Waals surface area contributed by atoms with Gasteiger partial charge in [-0.2, -0.15) is 0 Å². The molecule has 3 heterocycles. The van der Waals surface area contributed by atoms with Crippen molar-refractivity contribution >= 4 is 44.9 Å². The van der Waals surface area contributed by atoms with Crippen LogP contribution in [-0.2, 0) is 9.59 Å². The van der Waals surface area contributed by atoms with E-state index in [1.807, 2.05) is 35.8 Å². The van der Waals surface area contributed by atoms with Crippen LogP contribution in [0.1, 0.15) is 6.42 Å². The third-order valence-corrected chi connectivity index (χ3v) is 6.53. The highest BCUT2D eigenvalue weighted by atomic mass is 32.1. The van der Waals surface area contributed by atoms with Gasteiger partial charge in [0, 0.05) is 47.1 Å². The molecular formula is C24H22N4O4S. The highest BCUT2D eigenvalue weighted by Crippen LogP contribution is 2.36. The molecule has 2 aromatic carbocycles. The highest BCUT2D eigenvalue weighted by molar-refractivity contribution is 7.14. The van der Waals surface area contributed by atoms with Crippen molar-refractivity contribution in [1.82, 2.24) is 9.97 Å². The number of thiazole rings is 1. The van der Waals surface area contributed by atoms with Crippen LogP contribution in [0.3, 0.4) is 0 Å². The number of aromatic nitrogens is 2. The topological polar surface area (TPSA) is 96.6 Å². The number of hydrogen-bond acceptors (Lipinski definition) is 6. The summed E-state index contributed by atoms with van der Waals surface area (Å²) in [6.07, 6.45) is 2.03. The number of nitrogens with zero attached hydrogens (tertiary/aromatic N) is 2. The number of methoxy groups -OCH3 is 2. The molecule has 4 aromatic rings. The Labute approximate surface area is 194 Å². The first-order chi connectivity index (χ1) is 16.1. The molecule has 0 aliphatic carbocycles. The summed E-state index contributed by atoms with van der Waals surface area (Å²) < 4.78 is 10.7. The molecular weight excluding hydrogens is 440 g/mol. The normalized spacial score (nSPS) is 15.8. The molecule has 0 saturated carbocycles. The van der Waals surface area contributed by atoms with E-state index in [0.717, 1.165) is 22.2 Å². The Morgan fingerprint density at radius 3 is 2.88 bits per heavy atom. The molecule has 1 saturated heterocycles. The summed E-state index contributed by atoms with van der Waals surface area (Å²) in [4.78, 5) is 35.1. The molecule has 2 N–H and O–H groups in total. The summed E-state index contributed by atoms with van der Waals surface area (Å²) in [5, 5.41) is 6.38. The number of amides is 2. The molecule has 1 aliphatic rings. The molecule has 33 heavy (non-hydrogen) atoms. The largest absolute Gasteiger partial charge is 0.497 e. The van der Waals surface area contributed by atoms with E-state index in [4.69, 9.17) is 9.47 Å². The number of ether oxygens (including phenoxy) is 2.